The molecule has 1 heteroatoms. The molecule has 0 atom stereocenters. The molecule has 1 aliphatic rings. The molecule has 0 N–H and O–H groups in total. The van der Waals surface area contributed by atoms with E-state index < -0.39 is 0 Å². The van der Waals surface area contributed by atoms with E-state index in [1.54, 1.807) is 0 Å². The van der Waals surface area contributed by atoms with Crippen molar-refractivity contribution in [3.05, 3.63) is 47.5 Å². The molecule has 1 aromatic carbocycles. The summed E-state index contributed by atoms with van der Waals surface area (Å²) in [5, 5.41) is 0. The van der Waals surface area contributed by atoms with Crippen LogP contribution in [0.25, 0.3) is 0 Å². The predicted molar refractivity (Wildman–Crippen MR) is 66.6 cm³/mol. The van der Waals surface area contributed by atoms with Crippen LogP contribution in [0, 0.1) is 0 Å². The van der Waals surface area contributed by atoms with Crippen LogP contribution < -0.4 is 0 Å². The summed E-state index contributed by atoms with van der Waals surface area (Å²) in [4.78, 5) is 11.8. The van der Waals surface area contributed by atoms with Gasteiger partial charge in [0.2, 0.25) is 0 Å². The molecule has 0 amide bonds. The summed E-state index contributed by atoms with van der Waals surface area (Å²) in [6.07, 6.45) is 9.05. The maximum atomic E-state index is 11.8. The van der Waals surface area contributed by atoms with Gasteiger partial charge < -0.3 is 0 Å². The van der Waals surface area contributed by atoms with Crippen molar-refractivity contribution in [3.63, 3.8) is 0 Å². The van der Waals surface area contributed by atoms with Crippen molar-refractivity contribution < 1.29 is 4.79 Å². The molecule has 0 heterocycles. The van der Waals surface area contributed by atoms with Gasteiger partial charge in [-0.1, -0.05) is 48.4 Å². The first-order valence-corrected chi connectivity index (χ1v) is 6.12. The zero-order valence-corrected chi connectivity index (χ0v) is 9.61. The van der Waals surface area contributed by atoms with Gasteiger partial charge in [-0.25, -0.2) is 0 Å². The summed E-state index contributed by atoms with van der Waals surface area (Å²) >= 11 is 0. The van der Waals surface area contributed by atoms with Gasteiger partial charge in [-0.15, -0.1) is 0 Å². The lowest BCUT2D eigenvalue weighted by Gasteiger charge is -2.13. The first kappa shape index (κ1) is 11.1. The Kier molecular flexibility index (Phi) is 3.92. The molecular formula is C15H18O. The Morgan fingerprint density at radius 2 is 1.75 bits per heavy atom. The Balaban J connectivity index is 1.92. The summed E-state index contributed by atoms with van der Waals surface area (Å²) in [5.74, 6) is 0.235. The quantitative estimate of drug-likeness (QED) is 0.545. The minimum atomic E-state index is 0.235. The molecule has 0 unspecified atom stereocenters. The van der Waals surface area contributed by atoms with Gasteiger partial charge in [0.15, 0.2) is 5.78 Å². The first-order chi connectivity index (χ1) is 7.86. The van der Waals surface area contributed by atoms with Gasteiger partial charge in [0, 0.05) is 12.0 Å². The fourth-order valence-corrected chi connectivity index (χ4v) is 2.19. The van der Waals surface area contributed by atoms with Crippen LogP contribution in [0.3, 0.4) is 0 Å². The Bertz CT molecular complexity index is 368. The Hall–Kier alpha value is -1.37. The van der Waals surface area contributed by atoms with Crippen LogP contribution in [-0.4, -0.2) is 5.78 Å². The van der Waals surface area contributed by atoms with E-state index >= 15 is 0 Å². The molecule has 1 nitrogen and oxygen atoms in total. The number of carbonyl (C=O) groups is 1. The van der Waals surface area contributed by atoms with E-state index in [0.29, 0.717) is 6.42 Å². The largest absolute Gasteiger partial charge is 0.294 e. The molecule has 2 rings (SSSR count). The summed E-state index contributed by atoms with van der Waals surface area (Å²) in [5.41, 5.74) is 2.31. The standard InChI is InChI=1S/C15H18O/c16-15(14-9-5-2-6-10-14)12-11-13-7-3-1-4-8-13/h2,5-6,9-11H,1,3-4,7-8,12H2. The summed E-state index contributed by atoms with van der Waals surface area (Å²) in [7, 11) is 0. The van der Waals surface area contributed by atoms with Crippen LogP contribution in [0.2, 0.25) is 0 Å². The average molecular weight is 214 g/mol. The number of benzene rings is 1. The minimum Gasteiger partial charge on any atom is -0.294 e. The Labute approximate surface area is 97.2 Å². The van der Waals surface area contributed by atoms with Crippen LogP contribution in [-0.2, 0) is 0 Å². The van der Waals surface area contributed by atoms with Crippen molar-refractivity contribution in [2.24, 2.45) is 0 Å². The highest BCUT2D eigenvalue weighted by Gasteiger charge is 2.07. The van der Waals surface area contributed by atoms with E-state index in [1.165, 1.54) is 37.7 Å². The van der Waals surface area contributed by atoms with E-state index in [9.17, 15) is 4.79 Å². The lowest BCUT2D eigenvalue weighted by molar-refractivity contribution is 0.0995. The summed E-state index contributed by atoms with van der Waals surface area (Å²) < 4.78 is 0. The van der Waals surface area contributed by atoms with Crippen molar-refractivity contribution >= 4 is 5.78 Å². The number of rotatable bonds is 3. The third kappa shape index (κ3) is 3.06. The van der Waals surface area contributed by atoms with E-state index in [1.807, 2.05) is 30.3 Å². The van der Waals surface area contributed by atoms with Crippen LogP contribution in [0.4, 0.5) is 0 Å². The monoisotopic (exact) mass is 214 g/mol. The van der Waals surface area contributed by atoms with Crippen LogP contribution >= 0.6 is 0 Å². The fourth-order valence-electron chi connectivity index (χ4n) is 2.19. The van der Waals surface area contributed by atoms with Gasteiger partial charge in [-0.2, -0.15) is 0 Å². The Morgan fingerprint density at radius 1 is 1.06 bits per heavy atom. The van der Waals surface area contributed by atoms with Crippen molar-refractivity contribution in [1.29, 1.82) is 0 Å². The number of Topliss-reactive ketones (excluding diaryl/α,β-unsaturated/α-hetero) is 1. The lowest BCUT2D eigenvalue weighted by atomic mass is 9.93. The van der Waals surface area contributed by atoms with Gasteiger partial charge in [-0.3, -0.25) is 4.79 Å². The number of hydrogen-bond donors (Lipinski definition) is 0. The molecule has 16 heavy (non-hydrogen) atoms. The summed E-state index contributed by atoms with van der Waals surface area (Å²) in [6, 6.07) is 9.56. The fraction of sp³-hybridized carbons (Fsp3) is 0.400. The van der Waals surface area contributed by atoms with E-state index in [-0.39, 0.29) is 5.78 Å². The predicted octanol–water partition coefficient (Wildman–Crippen LogP) is 4.15. The molecule has 0 bridgehead atoms. The van der Waals surface area contributed by atoms with Crippen LogP contribution in [0.5, 0.6) is 0 Å². The third-order valence-corrected chi connectivity index (χ3v) is 3.17. The number of carbonyl (C=O) groups excluding carboxylic acids is 1. The van der Waals surface area contributed by atoms with E-state index in [0.717, 1.165) is 5.56 Å². The molecule has 1 aromatic rings. The molecular weight excluding hydrogens is 196 g/mol. The van der Waals surface area contributed by atoms with Crippen molar-refractivity contribution in [2.45, 2.75) is 38.5 Å². The molecule has 0 aromatic heterocycles. The maximum Gasteiger partial charge on any atom is 0.166 e. The van der Waals surface area contributed by atoms with Crippen LogP contribution in [0.15, 0.2) is 42.0 Å². The highest BCUT2D eigenvalue weighted by Crippen LogP contribution is 2.23. The van der Waals surface area contributed by atoms with Gasteiger partial charge in [0.05, 0.1) is 0 Å². The third-order valence-electron chi connectivity index (χ3n) is 3.17. The van der Waals surface area contributed by atoms with Gasteiger partial charge in [0.1, 0.15) is 0 Å². The molecule has 0 saturated heterocycles. The van der Waals surface area contributed by atoms with Crippen LogP contribution in [0.1, 0.15) is 48.9 Å². The van der Waals surface area contributed by atoms with E-state index in [2.05, 4.69) is 6.08 Å². The smallest absolute Gasteiger partial charge is 0.166 e. The first-order valence-electron chi connectivity index (χ1n) is 6.12. The molecule has 1 saturated carbocycles. The normalized spacial score (nSPS) is 15.9. The van der Waals surface area contributed by atoms with Gasteiger partial charge >= 0.3 is 0 Å². The molecule has 1 aliphatic carbocycles. The SMILES string of the molecule is O=C(CC=C1CCCCC1)c1ccccc1. The molecule has 0 spiro atoms. The highest BCUT2D eigenvalue weighted by atomic mass is 16.1. The second-order valence-electron chi connectivity index (χ2n) is 4.42. The van der Waals surface area contributed by atoms with Crippen molar-refractivity contribution in [3.8, 4) is 0 Å². The van der Waals surface area contributed by atoms with Gasteiger partial charge in [-0.05, 0) is 25.7 Å². The molecule has 0 aliphatic heterocycles. The van der Waals surface area contributed by atoms with Gasteiger partial charge in [0.25, 0.3) is 0 Å². The zero-order valence-electron chi connectivity index (χ0n) is 9.61. The molecule has 1 fully saturated rings. The van der Waals surface area contributed by atoms with Crippen molar-refractivity contribution in [2.75, 3.05) is 0 Å². The number of allylic oxidation sites excluding steroid dienone is 2. The second kappa shape index (κ2) is 5.64. The topological polar surface area (TPSA) is 17.1 Å². The average Bonchev–Trinajstić information content (AvgIpc) is 2.38. The summed E-state index contributed by atoms with van der Waals surface area (Å²) in [6.45, 7) is 0. The Morgan fingerprint density at radius 3 is 2.44 bits per heavy atom. The highest BCUT2D eigenvalue weighted by molar-refractivity contribution is 5.96. The zero-order chi connectivity index (χ0) is 11.2. The minimum absolute atomic E-state index is 0.235. The molecule has 0 radical (unpaired) electrons. The van der Waals surface area contributed by atoms with E-state index in [4.69, 9.17) is 0 Å². The number of hydrogen-bond acceptors (Lipinski definition) is 1. The second-order valence-corrected chi connectivity index (χ2v) is 4.42. The lowest BCUT2D eigenvalue weighted by Crippen LogP contribution is -1.99. The maximum absolute atomic E-state index is 11.8. The number of ketones is 1. The molecule has 84 valence electrons. The van der Waals surface area contributed by atoms with Crippen molar-refractivity contribution in [1.82, 2.24) is 0 Å².